The summed E-state index contributed by atoms with van der Waals surface area (Å²) in [5.74, 6) is -0.970. The summed E-state index contributed by atoms with van der Waals surface area (Å²) in [6, 6.07) is 4.09. The maximum Gasteiger partial charge on any atom is 0.238 e. The highest BCUT2D eigenvalue weighted by molar-refractivity contribution is 6.31. The van der Waals surface area contributed by atoms with Gasteiger partial charge in [-0.3, -0.25) is 19.4 Å². The fraction of sp³-hybridized carbons (Fsp3) is 0.579. The van der Waals surface area contributed by atoms with E-state index in [1.807, 2.05) is 4.90 Å². The van der Waals surface area contributed by atoms with Crippen LogP contribution in [0, 0.1) is 5.82 Å². The number of likely N-dealkylation sites (tertiary alicyclic amines) is 2. The summed E-state index contributed by atoms with van der Waals surface area (Å²) in [5.41, 5.74) is 5.66. The molecule has 0 unspecified atom stereocenters. The molecule has 0 bridgehead atoms. The van der Waals surface area contributed by atoms with Gasteiger partial charge in [0.15, 0.2) is 0 Å². The van der Waals surface area contributed by atoms with Crippen LogP contribution in [-0.4, -0.2) is 59.9 Å². The Labute approximate surface area is 163 Å². The number of hydrogen-bond donors (Lipinski definition) is 2. The van der Waals surface area contributed by atoms with Crippen LogP contribution in [0.1, 0.15) is 32.1 Å². The van der Waals surface area contributed by atoms with E-state index in [4.69, 9.17) is 17.3 Å². The van der Waals surface area contributed by atoms with Gasteiger partial charge in [0.2, 0.25) is 11.8 Å². The minimum absolute atomic E-state index is 0.0291. The second-order valence-corrected chi connectivity index (χ2v) is 7.80. The van der Waals surface area contributed by atoms with Gasteiger partial charge in [-0.25, -0.2) is 4.39 Å². The highest BCUT2D eigenvalue weighted by Gasteiger charge is 2.45. The summed E-state index contributed by atoms with van der Waals surface area (Å²) in [7, 11) is 0. The molecule has 1 aromatic carbocycles. The number of piperidine rings is 2. The number of primary amides is 1. The average molecular weight is 397 g/mol. The summed E-state index contributed by atoms with van der Waals surface area (Å²) in [6.45, 7) is 3.31. The molecule has 2 aliphatic rings. The molecule has 2 amide bonds. The molecule has 0 atom stereocenters. The van der Waals surface area contributed by atoms with E-state index in [-0.39, 0.29) is 23.4 Å². The fourth-order valence-electron chi connectivity index (χ4n) is 4.10. The molecule has 0 saturated carbocycles. The van der Waals surface area contributed by atoms with E-state index in [0.29, 0.717) is 31.6 Å². The van der Waals surface area contributed by atoms with Crippen molar-refractivity contribution in [1.82, 2.24) is 9.80 Å². The van der Waals surface area contributed by atoms with Crippen molar-refractivity contribution in [2.24, 2.45) is 5.73 Å². The van der Waals surface area contributed by atoms with Gasteiger partial charge < -0.3 is 11.1 Å². The molecule has 0 radical (unpaired) electrons. The lowest BCUT2D eigenvalue weighted by Gasteiger charge is -2.48. The van der Waals surface area contributed by atoms with Gasteiger partial charge in [0.1, 0.15) is 11.4 Å². The largest absolute Gasteiger partial charge is 0.368 e. The van der Waals surface area contributed by atoms with E-state index in [9.17, 15) is 14.0 Å². The molecule has 2 saturated heterocycles. The van der Waals surface area contributed by atoms with Crippen molar-refractivity contribution in [3.63, 3.8) is 0 Å². The van der Waals surface area contributed by atoms with Crippen LogP contribution < -0.4 is 11.1 Å². The van der Waals surface area contributed by atoms with Crippen molar-refractivity contribution in [2.45, 2.75) is 37.6 Å². The monoisotopic (exact) mass is 396 g/mol. The number of carbonyl (C=O) groups is 2. The average Bonchev–Trinajstić information content (AvgIpc) is 2.66. The second kappa shape index (κ2) is 8.54. The Bertz CT molecular complexity index is 701. The first-order valence-electron chi connectivity index (χ1n) is 9.43. The number of benzene rings is 1. The molecule has 0 spiro atoms. The van der Waals surface area contributed by atoms with Crippen LogP contribution in [0.3, 0.4) is 0 Å². The molecule has 0 aliphatic carbocycles. The number of rotatable bonds is 5. The van der Waals surface area contributed by atoms with E-state index < -0.39 is 11.4 Å². The third-order valence-corrected chi connectivity index (χ3v) is 5.96. The molecule has 2 aliphatic heterocycles. The second-order valence-electron chi connectivity index (χ2n) is 7.40. The summed E-state index contributed by atoms with van der Waals surface area (Å²) < 4.78 is 13.2. The highest BCUT2D eigenvalue weighted by atomic mass is 35.5. The van der Waals surface area contributed by atoms with E-state index in [0.717, 1.165) is 25.9 Å². The number of anilines is 1. The molecule has 6 nitrogen and oxygen atoms in total. The molecule has 2 heterocycles. The number of nitrogens with one attached hydrogen (secondary N) is 1. The normalized spacial score (nSPS) is 21.0. The SMILES string of the molecule is NC(=O)C1(N2CCCCC2)CCN(CC(=O)Nc2ccc(F)c(Cl)c2)CC1. The van der Waals surface area contributed by atoms with Crippen LogP contribution in [0.25, 0.3) is 0 Å². The van der Waals surface area contributed by atoms with Crippen molar-refractivity contribution in [1.29, 1.82) is 0 Å². The van der Waals surface area contributed by atoms with E-state index in [1.165, 1.54) is 24.6 Å². The Balaban J connectivity index is 1.55. The molecule has 148 valence electrons. The first-order chi connectivity index (χ1) is 12.9. The number of halogens is 2. The van der Waals surface area contributed by atoms with Crippen LogP contribution in [0.5, 0.6) is 0 Å². The number of nitrogens with two attached hydrogens (primary N) is 1. The van der Waals surface area contributed by atoms with Gasteiger partial charge in [0.05, 0.1) is 11.6 Å². The molecular weight excluding hydrogens is 371 g/mol. The predicted octanol–water partition coefficient (Wildman–Crippen LogP) is 2.22. The molecule has 2 fully saturated rings. The summed E-state index contributed by atoms with van der Waals surface area (Å²) in [5, 5.41) is 2.70. The first-order valence-corrected chi connectivity index (χ1v) is 9.81. The number of nitrogens with zero attached hydrogens (tertiary/aromatic N) is 2. The van der Waals surface area contributed by atoms with Crippen LogP contribution in [0.4, 0.5) is 10.1 Å². The van der Waals surface area contributed by atoms with Crippen LogP contribution in [0.2, 0.25) is 5.02 Å². The van der Waals surface area contributed by atoms with Gasteiger partial charge in [-0.2, -0.15) is 0 Å². The van der Waals surface area contributed by atoms with E-state index >= 15 is 0 Å². The molecule has 0 aromatic heterocycles. The summed E-state index contributed by atoms with van der Waals surface area (Å²) in [6.07, 6.45) is 4.67. The zero-order valence-corrected chi connectivity index (χ0v) is 16.1. The molecule has 27 heavy (non-hydrogen) atoms. The Morgan fingerprint density at radius 2 is 1.81 bits per heavy atom. The van der Waals surface area contributed by atoms with Crippen molar-refractivity contribution in [3.05, 3.63) is 29.0 Å². The van der Waals surface area contributed by atoms with Gasteiger partial charge in [0, 0.05) is 18.8 Å². The maximum absolute atomic E-state index is 13.2. The minimum Gasteiger partial charge on any atom is -0.368 e. The lowest BCUT2D eigenvalue weighted by Crippen LogP contribution is -2.63. The molecular formula is C19H26ClFN4O2. The topological polar surface area (TPSA) is 78.7 Å². The quantitative estimate of drug-likeness (QED) is 0.799. The smallest absolute Gasteiger partial charge is 0.238 e. The molecule has 3 N–H and O–H groups in total. The van der Waals surface area contributed by atoms with Crippen LogP contribution in [-0.2, 0) is 9.59 Å². The highest BCUT2D eigenvalue weighted by Crippen LogP contribution is 2.31. The molecule has 1 aromatic rings. The standard InChI is InChI=1S/C19H26ClFN4O2/c20-15-12-14(4-5-16(15)21)23-17(26)13-24-10-6-19(7-11-24,18(22)27)25-8-2-1-3-9-25/h4-5,12H,1-3,6-11,13H2,(H2,22,27)(H,23,26). The van der Waals surface area contributed by atoms with Gasteiger partial charge in [-0.1, -0.05) is 18.0 Å². The maximum atomic E-state index is 13.2. The Hall–Kier alpha value is -1.70. The number of amides is 2. The lowest BCUT2D eigenvalue weighted by molar-refractivity contribution is -0.135. The zero-order chi connectivity index (χ0) is 19.4. The van der Waals surface area contributed by atoms with Gasteiger partial charge in [0.25, 0.3) is 0 Å². The minimum atomic E-state index is -0.585. The zero-order valence-electron chi connectivity index (χ0n) is 15.3. The third kappa shape index (κ3) is 4.59. The van der Waals surface area contributed by atoms with Crippen LogP contribution >= 0.6 is 11.6 Å². The number of hydrogen-bond acceptors (Lipinski definition) is 4. The predicted molar refractivity (Wildman–Crippen MR) is 103 cm³/mol. The summed E-state index contributed by atoms with van der Waals surface area (Å²) >= 11 is 5.74. The molecule has 3 rings (SSSR count). The Kier molecular flexibility index (Phi) is 6.34. The van der Waals surface area contributed by atoms with Gasteiger partial charge in [-0.05, 0) is 57.0 Å². The van der Waals surface area contributed by atoms with Crippen LogP contribution in [0.15, 0.2) is 18.2 Å². The Morgan fingerprint density at radius 3 is 2.41 bits per heavy atom. The molecule has 8 heteroatoms. The lowest BCUT2D eigenvalue weighted by atomic mass is 9.83. The van der Waals surface area contributed by atoms with Gasteiger partial charge >= 0.3 is 0 Å². The van der Waals surface area contributed by atoms with E-state index in [1.54, 1.807) is 0 Å². The van der Waals surface area contributed by atoms with Crippen molar-refractivity contribution in [2.75, 3.05) is 38.0 Å². The van der Waals surface area contributed by atoms with E-state index in [2.05, 4.69) is 10.2 Å². The fourth-order valence-corrected chi connectivity index (χ4v) is 4.28. The number of carbonyl (C=O) groups excluding carboxylic acids is 2. The van der Waals surface area contributed by atoms with Gasteiger partial charge in [-0.15, -0.1) is 0 Å². The van der Waals surface area contributed by atoms with Crippen molar-refractivity contribution >= 4 is 29.1 Å². The third-order valence-electron chi connectivity index (χ3n) is 5.67. The first kappa shape index (κ1) is 20.0. The van der Waals surface area contributed by atoms with Crippen molar-refractivity contribution < 1.29 is 14.0 Å². The van der Waals surface area contributed by atoms with Crippen molar-refractivity contribution in [3.8, 4) is 0 Å². The Morgan fingerprint density at radius 1 is 1.15 bits per heavy atom. The summed E-state index contributed by atoms with van der Waals surface area (Å²) in [4.78, 5) is 28.8.